The van der Waals surface area contributed by atoms with Gasteiger partial charge in [-0.1, -0.05) is 26.0 Å². The number of aromatic nitrogens is 2. The Kier molecular flexibility index (Phi) is 8.28. The Balaban J connectivity index is 0.00000338. The standard InChI is InChI=1S/C18H25N5O2.ClH/c1-12(2)17(24)22-15-7-5-13(6-8-15)9-20-18(25)16(19-3)14-10-21-23(4)11-14;/h5-8,10-12,16,19H,9H2,1-4H3,(H,20,25)(H,22,24);1H. The molecule has 1 aromatic carbocycles. The van der Waals surface area contributed by atoms with Crippen molar-refractivity contribution in [3.8, 4) is 0 Å². The Hall–Kier alpha value is -2.38. The lowest BCUT2D eigenvalue weighted by Crippen LogP contribution is -2.35. The van der Waals surface area contributed by atoms with Gasteiger partial charge in [-0.25, -0.2) is 0 Å². The van der Waals surface area contributed by atoms with E-state index in [1.54, 1.807) is 17.9 Å². The topological polar surface area (TPSA) is 88.1 Å². The first kappa shape index (κ1) is 21.7. The highest BCUT2D eigenvalue weighted by Gasteiger charge is 2.19. The number of benzene rings is 1. The minimum absolute atomic E-state index is 0. The molecule has 1 aromatic heterocycles. The van der Waals surface area contributed by atoms with Crippen molar-refractivity contribution >= 4 is 29.9 Å². The summed E-state index contributed by atoms with van der Waals surface area (Å²) in [6, 6.07) is 6.98. The summed E-state index contributed by atoms with van der Waals surface area (Å²) in [5, 5.41) is 12.8. The second-order valence-corrected chi connectivity index (χ2v) is 6.23. The molecular weight excluding hydrogens is 354 g/mol. The van der Waals surface area contributed by atoms with Crippen LogP contribution in [0.3, 0.4) is 0 Å². The number of likely N-dealkylation sites (N-methyl/N-ethyl adjacent to an activating group) is 1. The lowest BCUT2D eigenvalue weighted by atomic mass is 10.1. The van der Waals surface area contributed by atoms with Gasteiger partial charge in [0.1, 0.15) is 6.04 Å². The van der Waals surface area contributed by atoms with Gasteiger partial charge in [0, 0.05) is 37.0 Å². The van der Waals surface area contributed by atoms with Gasteiger partial charge in [0.05, 0.1) is 6.20 Å². The summed E-state index contributed by atoms with van der Waals surface area (Å²) in [6.45, 7) is 4.11. The van der Waals surface area contributed by atoms with Crippen molar-refractivity contribution in [2.24, 2.45) is 13.0 Å². The maximum absolute atomic E-state index is 12.4. The lowest BCUT2D eigenvalue weighted by molar-refractivity contribution is -0.123. The summed E-state index contributed by atoms with van der Waals surface area (Å²) in [5.74, 6) is -0.202. The average molecular weight is 380 g/mol. The molecule has 142 valence electrons. The number of carbonyl (C=O) groups is 2. The molecule has 0 saturated heterocycles. The predicted octanol–water partition coefficient (Wildman–Crippen LogP) is 2.01. The predicted molar refractivity (Wildman–Crippen MR) is 104 cm³/mol. The smallest absolute Gasteiger partial charge is 0.242 e. The SMILES string of the molecule is CNC(C(=O)NCc1ccc(NC(=O)C(C)C)cc1)c1cnn(C)c1.Cl. The third-order valence-corrected chi connectivity index (χ3v) is 3.82. The molecule has 0 saturated carbocycles. The number of nitrogens with one attached hydrogen (secondary N) is 3. The largest absolute Gasteiger partial charge is 0.350 e. The maximum Gasteiger partial charge on any atom is 0.242 e. The molecule has 0 spiro atoms. The van der Waals surface area contributed by atoms with E-state index in [2.05, 4.69) is 21.0 Å². The zero-order valence-corrected chi connectivity index (χ0v) is 16.3. The maximum atomic E-state index is 12.4. The molecule has 0 fully saturated rings. The Morgan fingerprint density at radius 1 is 1.15 bits per heavy atom. The zero-order chi connectivity index (χ0) is 18.4. The molecule has 2 amide bonds. The molecule has 3 N–H and O–H groups in total. The van der Waals surface area contributed by atoms with Crippen LogP contribution in [0.4, 0.5) is 5.69 Å². The molecule has 7 nitrogen and oxygen atoms in total. The summed E-state index contributed by atoms with van der Waals surface area (Å²) in [5.41, 5.74) is 2.52. The molecule has 0 aliphatic heterocycles. The van der Waals surface area contributed by atoms with Gasteiger partial charge < -0.3 is 16.0 Å². The fourth-order valence-electron chi connectivity index (χ4n) is 2.32. The summed E-state index contributed by atoms with van der Waals surface area (Å²) >= 11 is 0. The Morgan fingerprint density at radius 3 is 2.31 bits per heavy atom. The van der Waals surface area contributed by atoms with E-state index >= 15 is 0 Å². The van der Waals surface area contributed by atoms with Crippen LogP contribution in [-0.2, 0) is 23.2 Å². The van der Waals surface area contributed by atoms with Crippen LogP contribution < -0.4 is 16.0 Å². The quantitative estimate of drug-likeness (QED) is 0.686. The van der Waals surface area contributed by atoms with E-state index in [0.717, 1.165) is 16.8 Å². The van der Waals surface area contributed by atoms with E-state index in [0.29, 0.717) is 6.54 Å². The Labute approximate surface area is 160 Å². The van der Waals surface area contributed by atoms with Crippen LogP contribution in [0.5, 0.6) is 0 Å². The first-order valence-electron chi connectivity index (χ1n) is 8.24. The molecule has 0 aliphatic carbocycles. The van der Waals surface area contributed by atoms with Crippen LogP contribution in [0.15, 0.2) is 36.7 Å². The van der Waals surface area contributed by atoms with E-state index in [1.165, 1.54) is 0 Å². The van der Waals surface area contributed by atoms with Crippen molar-refractivity contribution in [2.75, 3.05) is 12.4 Å². The fourth-order valence-corrected chi connectivity index (χ4v) is 2.32. The van der Waals surface area contributed by atoms with Gasteiger partial charge in [0.25, 0.3) is 0 Å². The highest BCUT2D eigenvalue weighted by molar-refractivity contribution is 5.92. The molecule has 1 unspecified atom stereocenters. The highest BCUT2D eigenvalue weighted by atomic mass is 35.5. The Morgan fingerprint density at radius 2 is 1.81 bits per heavy atom. The van der Waals surface area contributed by atoms with Crippen molar-refractivity contribution in [1.29, 1.82) is 0 Å². The molecule has 0 bridgehead atoms. The van der Waals surface area contributed by atoms with Gasteiger partial charge in [-0.05, 0) is 24.7 Å². The molecule has 2 aromatic rings. The summed E-state index contributed by atoms with van der Waals surface area (Å²) in [7, 11) is 3.55. The van der Waals surface area contributed by atoms with Crippen molar-refractivity contribution in [3.05, 3.63) is 47.8 Å². The summed E-state index contributed by atoms with van der Waals surface area (Å²) in [4.78, 5) is 24.1. The van der Waals surface area contributed by atoms with Crippen molar-refractivity contribution < 1.29 is 9.59 Å². The van der Waals surface area contributed by atoms with E-state index in [-0.39, 0.29) is 30.1 Å². The van der Waals surface area contributed by atoms with Crippen LogP contribution in [0.2, 0.25) is 0 Å². The summed E-state index contributed by atoms with van der Waals surface area (Å²) < 4.78 is 1.66. The minimum Gasteiger partial charge on any atom is -0.350 e. The minimum atomic E-state index is -0.446. The van der Waals surface area contributed by atoms with Crippen molar-refractivity contribution in [1.82, 2.24) is 20.4 Å². The van der Waals surface area contributed by atoms with Gasteiger partial charge in [0.2, 0.25) is 11.8 Å². The first-order valence-corrected chi connectivity index (χ1v) is 8.24. The summed E-state index contributed by atoms with van der Waals surface area (Å²) in [6.07, 6.45) is 3.49. The van der Waals surface area contributed by atoms with Crippen molar-refractivity contribution in [2.45, 2.75) is 26.4 Å². The lowest BCUT2D eigenvalue weighted by Gasteiger charge is -2.15. The number of hydrogen-bond acceptors (Lipinski definition) is 4. The number of aryl methyl sites for hydroxylation is 1. The molecule has 1 heterocycles. The second kappa shape index (κ2) is 9.94. The van der Waals surface area contributed by atoms with E-state index in [9.17, 15) is 9.59 Å². The molecule has 26 heavy (non-hydrogen) atoms. The third kappa shape index (κ3) is 5.86. The monoisotopic (exact) mass is 379 g/mol. The number of anilines is 1. The van der Waals surface area contributed by atoms with E-state index in [4.69, 9.17) is 0 Å². The Bertz CT molecular complexity index is 727. The van der Waals surface area contributed by atoms with E-state index in [1.807, 2.05) is 51.4 Å². The zero-order valence-electron chi connectivity index (χ0n) is 15.4. The molecule has 0 radical (unpaired) electrons. The van der Waals surface area contributed by atoms with Crippen LogP contribution in [0.25, 0.3) is 0 Å². The number of hydrogen-bond donors (Lipinski definition) is 3. The molecule has 0 aliphatic rings. The van der Waals surface area contributed by atoms with Crippen LogP contribution in [0.1, 0.15) is 31.0 Å². The molecule has 2 rings (SSSR count). The number of rotatable bonds is 7. The van der Waals surface area contributed by atoms with Gasteiger partial charge in [-0.3, -0.25) is 14.3 Å². The van der Waals surface area contributed by atoms with Crippen LogP contribution in [-0.4, -0.2) is 28.6 Å². The van der Waals surface area contributed by atoms with Crippen LogP contribution >= 0.6 is 12.4 Å². The number of amides is 2. The van der Waals surface area contributed by atoms with Crippen LogP contribution in [0, 0.1) is 5.92 Å². The first-order chi connectivity index (χ1) is 11.9. The van der Waals surface area contributed by atoms with Gasteiger partial charge in [0.15, 0.2) is 0 Å². The third-order valence-electron chi connectivity index (χ3n) is 3.82. The molecule has 1 atom stereocenters. The number of halogens is 1. The number of nitrogens with zero attached hydrogens (tertiary/aromatic N) is 2. The fraction of sp³-hybridized carbons (Fsp3) is 0.389. The highest BCUT2D eigenvalue weighted by Crippen LogP contribution is 2.13. The van der Waals surface area contributed by atoms with Gasteiger partial charge in [-0.15, -0.1) is 12.4 Å². The normalized spacial score (nSPS) is 11.6. The number of carbonyl (C=O) groups excluding carboxylic acids is 2. The van der Waals surface area contributed by atoms with Gasteiger partial charge >= 0.3 is 0 Å². The molecular formula is C18H26ClN5O2. The van der Waals surface area contributed by atoms with Crippen molar-refractivity contribution in [3.63, 3.8) is 0 Å². The van der Waals surface area contributed by atoms with E-state index < -0.39 is 6.04 Å². The molecule has 8 heteroatoms. The average Bonchev–Trinajstić information content (AvgIpc) is 3.01. The van der Waals surface area contributed by atoms with Gasteiger partial charge in [-0.2, -0.15) is 5.10 Å². The second-order valence-electron chi connectivity index (χ2n) is 6.23.